The summed E-state index contributed by atoms with van der Waals surface area (Å²) in [5.74, 6) is 0.468. The minimum absolute atomic E-state index is 0.0967. The molecule has 0 bridgehead atoms. The average molecular weight is 374 g/mol. The molecule has 20 heavy (non-hydrogen) atoms. The molecule has 0 amide bonds. The Morgan fingerprint density at radius 1 is 1.30 bits per heavy atom. The fraction of sp³-hybridized carbons (Fsp3) is 0.0769. The van der Waals surface area contributed by atoms with Crippen LogP contribution in [-0.2, 0) is 5.75 Å². The second-order valence-corrected chi connectivity index (χ2v) is 6.37. The van der Waals surface area contributed by atoms with Crippen LogP contribution in [0.25, 0.3) is 0 Å². The summed E-state index contributed by atoms with van der Waals surface area (Å²) in [6.45, 7) is 0. The molecule has 0 unspecified atom stereocenters. The van der Waals surface area contributed by atoms with Gasteiger partial charge in [-0.3, -0.25) is 10.1 Å². The summed E-state index contributed by atoms with van der Waals surface area (Å²) in [5.41, 5.74) is 7.18. The topological polar surface area (TPSA) is 69.2 Å². The van der Waals surface area contributed by atoms with Crippen molar-refractivity contribution in [1.29, 1.82) is 0 Å². The second kappa shape index (κ2) is 6.47. The van der Waals surface area contributed by atoms with Gasteiger partial charge < -0.3 is 5.73 Å². The summed E-state index contributed by atoms with van der Waals surface area (Å²) in [4.78, 5) is 11.5. The number of nitrogens with zero attached hydrogens (tertiary/aromatic N) is 1. The van der Waals surface area contributed by atoms with Crippen molar-refractivity contribution in [3.05, 3.63) is 61.6 Å². The van der Waals surface area contributed by atoms with E-state index in [-0.39, 0.29) is 10.6 Å². The molecular formula is C13H10BrClN2O2S. The Hall–Kier alpha value is -1.24. The maximum atomic E-state index is 11.0. The molecule has 0 heterocycles. The Bertz CT molecular complexity index is 667. The van der Waals surface area contributed by atoms with Crippen LogP contribution in [0.15, 0.2) is 45.8 Å². The van der Waals surface area contributed by atoms with Crippen LogP contribution >= 0.6 is 39.3 Å². The lowest BCUT2D eigenvalue weighted by Gasteiger charge is -2.07. The van der Waals surface area contributed by atoms with Gasteiger partial charge in [-0.05, 0) is 24.3 Å². The highest BCUT2D eigenvalue weighted by Gasteiger charge is 2.14. The zero-order valence-electron chi connectivity index (χ0n) is 10.2. The first-order chi connectivity index (χ1) is 9.47. The second-order valence-electron chi connectivity index (χ2n) is 4.00. The summed E-state index contributed by atoms with van der Waals surface area (Å²) in [7, 11) is 0. The van der Waals surface area contributed by atoms with Crippen LogP contribution in [0.1, 0.15) is 5.56 Å². The van der Waals surface area contributed by atoms with Gasteiger partial charge in [-0.2, -0.15) is 0 Å². The van der Waals surface area contributed by atoms with Gasteiger partial charge in [0.25, 0.3) is 5.69 Å². The van der Waals surface area contributed by atoms with E-state index in [2.05, 4.69) is 15.9 Å². The third kappa shape index (κ3) is 3.65. The van der Waals surface area contributed by atoms with Gasteiger partial charge in [-0.1, -0.05) is 33.6 Å². The maximum Gasteiger partial charge on any atom is 0.274 e. The molecule has 0 aliphatic carbocycles. The van der Waals surface area contributed by atoms with Crippen molar-refractivity contribution >= 4 is 50.7 Å². The highest BCUT2D eigenvalue weighted by Crippen LogP contribution is 2.33. The van der Waals surface area contributed by atoms with E-state index in [1.54, 1.807) is 24.3 Å². The third-order valence-electron chi connectivity index (χ3n) is 2.60. The van der Waals surface area contributed by atoms with Crippen molar-refractivity contribution in [3.8, 4) is 0 Å². The van der Waals surface area contributed by atoms with Crippen LogP contribution in [0.2, 0.25) is 5.02 Å². The van der Waals surface area contributed by atoms with E-state index in [1.165, 1.54) is 17.8 Å². The molecule has 4 nitrogen and oxygen atoms in total. The number of nitrogens with two attached hydrogens (primary N) is 1. The standard InChI is InChI=1S/C13H10BrClN2O2S/c14-9-2-1-8(12(5-9)17(18)19)7-20-13-4-3-10(15)6-11(13)16/h1-6H,7,16H2. The monoisotopic (exact) mass is 372 g/mol. The van der Waals surface area contributed by atoms with Crippen LogP contribution in [-0.4, -0.2) is 4.92 Å². The van der Waals surface area contributed by atoms with Gasteiger partial charge in [0, 0.05) is 37.5 Å². The average Bonchev–Trinajstić information content (AvgIpc) is 2.38. The summed E-state index contributed by atoms with van der Waals surface area (Å²) < 4.78 is 0.684. The molecular weight excluding hydrogens is 364 g/mol. The lowest BCUT2D eigenvalue weighted by molar-refractivity contribution is -0.385. The number of rotatable bonds is 4. The Balaban J connectivity index is 2.20. The molecule has 2 rings (SSSR count). The van der Waals surface area contributed by atoms with E-state index >= 15 is 0 Å². The minimum atomic E-state index is -0.383. The Morgan fingerprint density at radius 3 is 2.70 bits per heavy atom. The first-order valence-electron chi connectivity index (χ1n) is 5.58. The lowest BCUT2D eigenvalue weighted by Crippen LogP contribution is -1.95. The fourth-order valence-electron chi connectivity index (χ4n) is 1.64. The van der Waals surface area contributed by atoms with Gasteiger partial charge in [0.05, 0.1) is 4.92 Å². The largest absolute Gasteiger partial charge is 0.398 e. The molecule has 0 saturated carbocycles. The maximum absolute atomic E-state index is 11.0. The molecule has 2 aromatic carbocycles. The SMILES string of the molecule is Nc1cc(Cl)ccc1SCc1ccc(Br)cc1[N+](=O)[O-]. The Kier molecular flexibility index (Phi) is 4.91. The molecule has 0 radical (unpaired) electrons. The minimum Gasteiger partial charge on any atom is -0.398 e. The van der Waals surface area contributed by atoms with E-state index < -0.39 is 0 Å². The van der Waals surface area contributed by atoms with Crippen LogP contribution in [0.4, 0.5) is 11.4 Å². The van der Waals surface area contributed by atoms with Crippen molar-refractivity contribution in [2.45, 2.75) is 10.6 Å². The predicted molar refractivity (Wildman–Crippen MR) is 86.2 cm³/mol. The molecule has 0 saturated heterocycles. The number of nitrogen functional groups attached to an aromatic ring is 1. The third-order valence-corrected chi connectivity index (χ3v) is 4.47. The predicted octanol–water partition coefficient (Wildman–Crippen LogP) is 4.89. The van der Waals surface area contributed by atoms with Gasteiger partial charge in [0.1, 0.15) is 0 Å². The van der Waals surface area contributed by atoms with Crippen molar-refractivity contribution in [1.82, 2.24) is 0 Å². The number of anilines is 1. The highest BCUT2D eigenvalue weighted by molar-refractivity contribution is 9.10. The van der Waals surface area contributed by atoms with Crippen molar-refractivity contribution in [2.24, 2.45) is 0 Å². The summed E-state index contributed by atoms with van der Waals surface area (Å²) in [6.07, 6.45) is 0. The Labute approximate surface area is 133 Å². The molecule has 7 heteroatoms. The molecule has 0 aliphatic heterocycles. The van der Waals surface area contributed by atoms with E-state index in [4.69, 9.17) is 17.3 Å². The van der Waals surface area contributed by atoms with Crippen LogP contribution < -0.4 is 5.73 Å². The zero-order valence-corrected chi connectivity index (χ0v) is 13.3. The smallest absolute Gasteiger partial charge is 0.274 e. The molecule has 0 aromatic heterocycles. The Morgan fingerprint density at radius 2 is 2.05 bits per heavy atom. The van der Waals surface area contributed by atoms with Gasteiger partial charge in [0.15, 0.2) is 0 Å². The van der Waals surface area contributed by atoms with Crippen LogP contribution in [0.3, 0.4) is 0 Å². The molecule has 2 N–H and O–H groups in total. The molecule has 104 valence electrons. The molecule has 0 fully saturated rings. The van der Waals surface area contributed by atoms with Crippen LogP contribution in [0.5, 0.6) is 0 Å². The summed E-state index contributed by atoms with van der Waals surface area (Å²) in [6, 6.07) is 10.2. The number of hydrogen-bond acceptors (Lipinski definition) is 4. The molecule has 0 spiro atoms. The molecule has 2 aromatic rings. The summed E-state index contributed by atoms with van der Waals surface area (Å²) >= 11 is 10.5. The van der Waals surface area contributed by atoms with Crippen LogP contribution in [0, 0.1) is 10.1 Å². The van der Waals surface area contributed by atoms with Crippen molar-refractivity contribution in [2.75, 3.05) is 5.73 Å². The quantitative estimate of drug-likeness (QED) is 0.359. The number of hydrogen-bond donors (Lipinski definition) is 1. The number of halogens is 2. The number of nitro groups is 1. The highest BCUT2D eigenvalue weighted by atomic mass is 79.9. The van der Waals surface area contributed by atoms with Gasteiger partial charge >= 0.3 is 0 Å². The number of benzene rings is 2. The first-order valence-corrected chi connectivity index (χ1v) is 7.73. The fourth-order valence-corrected chi connectivity index (χ4v) is 3.11. The summed E-state index contributed by atoms with van der Waals surface area (Å²) in [5, 5.41) is 11.6. The van der Waals surface area contributed by atoms with Gasteiger partial charge in [0.2, 0.25) is 0 Å². The molecule has 0 aliphatic rings. The zero-order chi connectivity index (χ0) is 14.7. The van der Waals surface area contributed by atoms with Crippen molar-refractivity contribution in [3.63, 3.8) is 0 Å². The first kappa shape index (κ1) is 15.2. The molecule has 0 atom stereocenters. The van der Waals surface area contributed by atoms with Crippen molar-refractivity contribution < 1.29 is 4.92 Å². The van der Waals surface area contributed by atoms with E-state index in [0.29, 0.717) is 26.5 Å². The van der Waals surface area contributed by atoms with E-state index in [1.807, 2.05) is 6.07 Å². The lowest BCUT2D eigenvalue weighted by atomic mass is 10.2. The van der Waals surface area contributed by atoms with Gasteiger partial charge in [-0.15, -0.1) is 11.8 Å². The van der Waals surface area contributed by atoms with E-state index in [9.17, 15) is 10.1 Å². The number of thioether (sulfide) groups is 1. The number of nitro benzene ring substituents is 1. The van der Waals surface area contributed by atoms with Gasteiger partial charge in [-0.25, -0.2) is 0 Å². The normalized spacial score (nSPS) is 10.5. The van der Waals surface area contributed by atoms with E-state index in [0.717, 1.165) is 4.90 Å².